The van der Waals surface area contributed by atoms with Crippen molar-refractivity contribution in [3.8, 4) is 11.1 Å². The lowest BCUT2D eigenvalue weighted by atomic mass is 9.82. The summed E-state index contributed by atoms with van der Waals surface area (Å²) in [6.45, 7) is 43.3. The molecule has 5 atom stereocenters. The van der Waals surface area contributed by atoms with Crippen LogP contribution in [0.1, 0.15) is 110 Å². The fourth-order valence-electron chi connectivity index (χ4n) is 9.41. The molecule has 2 heterocycles. The van der Waals surface area contributed by atoms with Crippen molar-refractivity contribution in [3.05, 3.63) is 182 Å². The van der Waals surface area contributed by atoms with E-state index in [9.17, 15) is 28.7 Å². The van der Waals surface area contributed by atoms with Gasteiger partial charge >= 0.3 is 5.97 Å². The van der Waals surface area contributed by atoms with Crippen LogP contribution in [0.5, 0.6) is 0 Å². The second-order valence-electron chi connectivity index (χ2n) is 23.2. The summed E-state index contributed by atoms with van der Waals surface area (Å²) in [6, 6.07) is 17.8. The Morgan fingerprint density at radius 2 is 1.46 bits per heavy atom. The number of nitrogens with two attached hydrogens (primary N) is 1. The zero-order valence-electron chi connectivity index (χ0n) is 50.6. The van der Waals surface area contributed by atoms with E-state index in [4.69, 9.17) is 5.73 Å². The summed E-state index contributed by atoms with van der Waals surface area (Å²) in [5, 5.41) is 35.0. The van der Waals surface area contributed by atoms with Crippen LogP contribution in [-0.2, 0) is 32.1 Å². The van der Waals surface area contributed by atoms with Crippen molar-refractivity contribution in [2.45, 2.75) is 136 Å². The maximum absolute atomic E-state index is 14.9. The van der Waals surface area contributed by atoms with E-state index in [2.05, 4.69) is 142 Å². The summed E-state index contributed by atoms with van der Waals surface area (Å²) < 4.78 is 17.1. The van der Waals surface area contributed by atoms with Crippen molar-refractivity contribution in [1.29, 1.82) is 0 Å². The van der Waals surface area contributed by atoms with Crippen LogP contribution in [0.3, 0.4) is 0 Å². The van der Waals surface area contributed by atoms with Gasteiger partial charge in [-0.1, -0.05) is 109 Å². The number of carboxylic acid groups (broad SMARTS) is 1. The first-order valence-electron chi connectivity index (χ1n) is 28.4. The van der Waals surface area contributed by atoms with E-state index in [-0.39, 0.29) is 93.4 Å². The molecule has 3 amide bonds. The standard InChI is InChI=1S/C64H92BFN12O5/c1-15-64(13,14)72-38-59(80)76-54(23-24-60(81)82)46(8)69-30-31-70-62(83)55(74-47(9)56(33-42(4)67)73-43(5)37-71-44(6)45(7)75-58(79)34-48-25-28-68-29-26-48)27-32-78(41(2)3)61(63(10,11)12)57-35-50(52-36-51(66)21-22-53(52)65)40-77(57)39-49-19-17-16-18-20-49/h16-22,25-26,28-29,35-36,40,45,54-56,61,69,71-74H,2,4-6,8-9,15,23-24,27,30-34,37-39,65,67H2,1,3,7,10-14H3,(H,70,83)(H,75,79)(H,76,80)(H,81,82)/t45-,54?,55?,56?,61?/m0/s1. The molecule has 83 heavy (non-hydrogen) atoms. The number of hydrogen-bond donors (Lipinski definition) is 10. The van der Waals surface area contributed by atoms with Crippen LogP contribution in [0.2, 0.25) is 0 Å². The quantitative estimate of drug-likeness (QED) is 0.0177. The smallest absolute Gasteiger partial charge is 0.303 e. The molecule has 4 unspecified atom stereocenters. The number of hydrogen-bond acceptors (Lipinski definition) is 12. The number of aromatic nitrogens is 2. The van der Waals surface area contributed by atoms with Crippen LogP contribution >= 0.6 is 0 Å². The Balaban J connectivity index is 1.62. The predicted molar refractivity (Wildman–Crippen MR) is 336 cm³/mol. The highest BCUT2D eigenvalue weighted by atomic mass is 19.1. The van der Waals surface area contributed by atoms with Gasteiger partial charge in [-0.05, 0) is 105 Å². The summed E-state index contributed by atoms with van der Waals surface area (Å²) in [6.07, 6.45) is 6.75. The van der Waals surface area contributed by atoms with Gasteiger partial charge < -0.3 is 62.8 Å². The lowest BCUT2D eigenvalue weighted by molar-refractivity contribution is -0.137. The lowest BCUT2D eigenvalue weighted by Gasteiger charge is -2.43. The van der Waals surface area contributed by atoms with Crippen LogP contribution in [0.4, 0.5) is 4.39 Å². The Hall–Kier alpha value is -8.06. The minimum absolute atomic E-state index is 0.0357. The molecule has 0 saturated carbocycles. The lowest BCUT2D eigenvalue weighted by Crippen LogP contribution is -2.51. The van der Waals surface area contributed by atoms with Crippen molar-refractivity contribution in [1.82, 2.24) is 57.0 Å². The summed E-state index contributed by atoms with van der Waals surface area (Å²) in [5.74, 6) is -2.15. The number of benzene rings is 2. The molecule has 11 N–H and O–H groups in total. The Kier molecular flexibility index (Phi) is 26.0. The second-order valence-corrected chi connectivity index (χ2v) is 23.2. The van der Waals surface area contributed by atoms with Gasteiger partial charge in [-0.3, -0.25) is 24.2 Å². The fourth-order valence-corrected chi connectivity index (χ4v) is 9.41. The maximum Gasteiger partial charge on any atom is 0.303 e. The molecular formula is C64H92BFN12O5. The fraction of sp³-hybridized carbons (Fsp3) is 0.422. The molecule has 4 aromatic rings. The van der Waals surface area contributed by atoms with Gasteiger partial charge in [0.05, 0.1) is 43.7 Å². The van der Waals surface area contributed by atoms with Gasteiger partial charge in [-0.2, -0.15) is 0 Å². The van der Waals surface area contributed by atoms with E-state index in [0.29, 0.717) is 41.6 Å². The molecule has 0 aliphatic heterocycles. The summed E-state index contributed by atoms with van der Waals surface area (Å²) in [7, 11) is 1.97. The summed E-state index contributed by atoms with van der Waals surface area (Å²) in [5.41, 5.74) is 14.2. The molecule has 448 valence electrons. The first-order valence-corrected chi connectivity index (χ1v) is 28.4. The number of carboxylic acids is 1. The molecule has 0 aliphatic carbocycles. The molecule has 19 heteroatoms. The van der Waals surface area contributed by atoms with E-state index in [1.807, 2.05) is 60.7 Å². The molecular weight excluding hydrogens is 1050 g/mol. The van der Waals surface area contributed by atoms with Crippen molar-refractivity contribution in [3.63, 3.8) is 0 Å². The number of aliphatic carboxylic acids is 1. The Bertz CT molecular complexity index is 2900. The first kappa shape index (κ1) is 67.5. The molecule has 2 aromatic heterocycles. The van der Waals surface area contributed by atoms with E-state index in [1.165, 1.54) is 6.07 Å². The molecule has 2 aromatic carbocycles. The number of nitrogens with zero attached hydrogens (tertiary/aromatic N) is 3. The van der Waals surface area contributed by atoms with Gasteiger partial charge in [0.25, 0.3) is 0 Å². The predicted octanol–water partition coefficient (Wildman–Crippen LogP) is 6.31. The molecule has 4 rings (SSSR count). The maximum atomic E-state index is 14.9. The number of nitrogens with one attached hydrogen (secondary N) is 8. The number of rotatable bonds is 37. The molecule has 0 radical (unpaired) electrons. The number of halogens is 1. The van der Waals surface area contributed by atoms with Crippen LogP contribution in [0.25, 0.3) is 11.1 Å². The zero-order valence-corrected chi connectivity index (χ0v) is 50.6. The van der Waals surface area contributed by atoms with Gasteiger partial charge in [0, 0.05) is 103 Å². The number of allylic oxidation sites excluding steroid dienone is 1. The van der Waals surface area contributed by atoms with Gasteiger partial charge in [0.2, 0.25) is 17.7 Å². The van der Waals surface area contributed by atoms with Crippen LogP contribution < -0.4 is 53.7 Å². The molecule has 0 bridgehead atoms. The average Bonchev–Trinajstić information content (AvgIpc) is 2.53. The van der Waals surface area contributed by atoms with E-state index in [0.717, 1.165) is 45.5 Å². The highest BCUT2D eigenvalue weighted by Gasteiger charge is 2.36. The SMILES string of the molecule is Bc1ccc(F)cc1-c1cc(C(N(CCC(NC(=C)C(CC(=C)N)NC(=C)CNC(=C)[C@H](C)NC(=O)Cc2ccncc2)C(=O)NCCNC(=C)C(CCC(=O)O)NC(=O)CNC(C)(C)CC)C(=C)C)C(C)(C)C)n(Cc2ccccc2)c1. The molecule has 0 fully saturated rings. The highest BCUT2D eigenvalue weighted by Crippen LogP contribution is 2.42. The Morgan fingerprint density at radius 1 is 0.783 bits per heavy atom. The monoisotopic (exact) mass is 1140 g/mol. The number of amides is 3. The molecule has 0 aliphatic rings. The first-order chi connectivity index (χ1) is 39.1. The van der Waals surface area contributed by atoms with Gasteiger partial charge in [0.15, 0.2) is 0 Å². The third-order valence-electron chi connectivity index (χ3n) is 14.5. The van der Waals surface area contributed by atoms with Crippen LogP contribution in [0.15, 0.2) is 159 Å². The van der Waals surface area contributed by atoms with Gasteiger partial charge in [0.1, 0.15) is 19.7 Å². The minimum atomic E-state index is -1.01. The molecule has 0 saturated heterocycles. The summed E-state index contributed by atoms with van der Waals surface area (Å²) >= 11 is 0. The second kappa shape index (κ2) is 32.0. The zero-order chi connectivity index (χ0) is 61.6. The van der Waals surface area contributed by atoms with Crippen molar-refractivity contribution >= 4 is 37.0 Å². The minimum Gasteiger partial charge on any atom is -0.481 e. The number of carbonyl (C=O) groups excluding carboxylic acids is 3. The van der Waals surface area contributed by atoms with Crippen molar-refractivity contribution in [2.75, 3.05) is 32.7 Å². The topological polar surface area (TPSA) is 232 Å². The van der Waals surface area contributed by atoms with Crippen molar-refractivity contribution < 1.29 is 28.7 Å². The van der Waals surface area contributed by atoms with E-state index >= 15 is 0 Å². The molecule has 17 nitrogen and oxygen atoms in total. The van der Waals surface area contributed by atoms with Crippen molar-refractivity contribution in [2.24, 2.45) is 11.1 Å². The Labute approximate surface area is 493 Å². The third-order valence-corrected chi connectivity index (χ3v) is 14.5. The molecule has 0 spiro atoms. The Morgan fingerprint density at radius 3 is 2.08 bits per heavy atom. The summed E-state index contributed by atoms with van der Waals surface area (Å²) in [4.78, 5) is 58.5. The third kappa shape index (κ3) is 22.7. The van der Waals surface area contributed by atoms with Crippen LogP contribution in [0, 0.1) is 11.2 Å². The number of pyridine rings is 1. The van der Waals surface area contributed by atoms with Gasteiger partial charge in [-0.25, -0.2) is 4.39 Å². The van der Waals surface area contributed by atoms with E-state index < -0.39 is 35.6 Å². The van der Waals surface area contributed by atoms with Gasteiger partial charge in [-0.15, -0.1) is 0 Å². The average molecular weight is 1140 g/mol. The van der Waals surface area contributed by atoms with E-state index in [1.54, 1.807) is 36.7 Å². The van der Waals surface area contributed by atoms with Crippen LogP contribution in [-0.4, -0.2) is 114 Å². The largest absolute Gasteiger partial charge is 0.481 e. The number of carbonyl (C=O) groups is 4. The highest BCUT2D eigenvalue weighted by molar-refractivity contribution is 6.35. The normalized spacial score (nSPS) is 13.2.